The van der Waals surface area contributed by atoms with Gasteiger partial charge in [0, 0.05) is 5.92 Å². The summed E-state index contributed by atoms with van der Waals surface area (Å²) >= 11 is 3.68. The first-order chi connectivity index (χ1) is 10.1. The molecule has 3 nitrogen and oxygen atoms in total. The monoisotopic (exact) mass is 345 g/mol. The number of carbonyl (C=O) groups is 2. The quantitative estimate of drug-likeness (QED) is 0.469. The number of imide groups is 1. The van der Waals surface area contributed by atoms with Gasteiger partial charge in [-0.25, -0.2) is 0 Å². The Hall–Kier alpha value is -1.42. The van der Waals surface area contributed by atoms with E-state index < -0.39 is 4.32 Å². The Kier molecular flexibility index (Phi) is 2.86. The molecule has 4 atom stereocenters. The van der Waals surface area contributed by atoms with Gasteiger partial charge in [-0.05, 0) is 24.3 Å². The summed E-state index contributed by atoms with van der Waals surface area (Å²) in [7, 11) is 0. The van der Waals surface area contributed by atoms with E-state index in [9.17, 15) is 9.59 Å². The molecule has 3 aliphatic carbocycles. The fraction of sp³-hybridized carbons (Fsp3) is 0.412. The summed E-state index contributed by atoms with van der Waals surface area (Å²) in [5, 5.41) is 0. The Morgan fingerprint density at radius 3 is 2.52 bits per heavy atom. The molecule has 5 rings (SSSR count). The number of benzene rings is 1. The van der Waals surface area contributed by atoms with Crippen LogP contribution in [0.5, 0.6) is 0 Å². The van der Waals surface area contributed by atoms with Crippen LogP contribution in [-0.4, -0.2) is 21.0 Å². The average molecular weight is 346 g/mol. The van der Waals surface area contributed by atoms with Crippen molar-refractivity contribution in [2.75, 3.05) is 0 Å². The maximum atomic E-state index is 12.9. The highest BCUT2D eigenvalue weighted by molar-refractivity contribution is 9.10. The van der Waals surface area contributed by atoms with Crippen LogP contribution in [0.4, 0.5) is 0 Å². The van der Waals surface area contributed by atoms with Crippen molar-refractivity contribution < 1.29 is 9.59 Å². The normalized spacial score (nSPS) is 37.2. The third-order valence-corrected chi connectivity index (χ3v) is 6.53. The van der Waals surface area contributed by atoms with Crippen LogP contribution >= 0.6 is 15.9 Å². The first-order valence-corrected chi connectivity index (χ1v) is 8.18. The SMILES string of the molecule is O=C1[C@H]2[C@H]3C=C[C@H](CC3)[C@@]2(Br)C(=O)N1Cc1ccccc1. The van der Waals surface area contributed by atoms with Crippen LogP contribution in [-0.2, 0) is 16.1 Å². The number of carbonyl (C=O) groups excluding carboxylic acids is 2. The summed E-state index contributed by atoms with van der Waals surface area (Å²) in [6.45, 7) is 0.377. The van der Waals surface area contributed by atoms with Gasteiger partial charge in [0.2, 0.25) is 11.8 Å². The first-order valence-electron chi connectivity index (χ1n) is 7.39. The number of hydrogen-bond acceptors (Lipinski definition) is 2. The van der Waals surface area contributed by atoms with E-state index in [-0.39, 0.29) is 29.6 Å². The summed E-state index contributed by atoms with van der Waals surface area (Å²) < 4.78 is -0.698. The minimum absolute atomic E-state index is 0.0141. The van der Waals surface area contributed by atoms with E-state index in [1.165, 1.54) is 4.90 Å². The second-order valence-electron chi connectivity index (χ2n) is 6.19. The van der Waals surface area contributed by atoms with Gasteiger partial charge in [0.15, 0.2) is 0 Å². The molecule has 0 N–H and O–H groups in total. The van der Waals surface area contributed by atoms with Gasteiger partial charge >= 0.3 is 0 Å². The first kappa shape index (κ1) is 13.3. The Morgan fingerprint density at radius 2 is 1.90 bits per heavy atom. The number of nitrogens with zero attached hydrogens (tertiary/aromatic N) is 1. The fourth-order valence-electron chi connectivity index (χ4n) is 4.06. The number of allylic oxidation sites excluding steroid dienone is 2. The molecule has 1 saturated heterocycles. The fourth-order valence-corrected chi connectivity index (χ4v) is 5.19. The molecule has 4 heteroatoms. The molecule has 1 aromatic rings. The van der Waals surface area contributed by atoms with E-state index in [4.69, 9.17) is 0 Å². The Morgan fingerprint density at radius 1 is 1.14 bits per heavy atom. The summed E-state index contributed by atoms with van der Waals surface area (Å²) in [6.07, 6.45) is 6.25. The van der Waals surface area contributed by atoms with E-state index in [0.29, 0.717) is 6.54 Å². The predicted octanol–water partition coefficient (Wildman–Crippen LogP) is 2.90. The predicted molar refractivity (Wildman–Crippen MR) is 82.5 cm³/mol. The Labute approximate surface area is 132 Å². The molecule has 0 unspecified atom stereocenters. The van der Waals surface area contributed by atoms with E-state index in [1.807, 2.05) is 30.3 Å². The van der Waals surface area contributed by atoms with E-state index in [0.717, 1.165) is 18.4 Å². The van der Waals surface area contributed by atoms with Crippen molar-refractivity contribution in [3.05, 3.63) is 48.0 Å². The number of amides is 2. The van der Waals surface area contributed by atoms with Crippen molar-refractivity contribution >= 4 is 27.7 Å². The lowest BCUT2D eigenvalue weighted by atomic mass is 9.63. The zero-order chi connectivity index (χ0) is 14.6. The third kappa shape index (κ3) is 1.71. The van der Waals surface area contributed by atoms with Gasteiger partial charge in [0.05, 0.1) is 12.5 Å². The van der Waals surface area contributed by atoms with Gasteiger partial charge in [0.25, 0.3) is 0 Å². The summed E-state index contributed by atoms with van der Waals surface area (Å²) in [6, 6.07) is 9.71. The highest BCUT2D eigenvalue weighted by Gasteiger charge is 2.65. The molecule has 2 amide bonds. The molecule has 21 heavy (non-hydrogen) atoms. The van der Waals surface area contributed by atoms with Gasteiger partial charge in [-0.2, -0.15) is 0 Å². The van der Waals surface area contributed by atoms with E-state index in [1.54, 1.807) is 0 Å². The molecule has 108 valence electrons. The number of alkyl halides is 1. The third-order valence-electron chi connectivity index (χ3n) is 5.11. The molecule has 2 bridgehead atoms. The molecule has 0 aromatic heterocycles. The maximum absolute atomic E-state index is 12.9. The van der Waals surface area contributed by atoms with Gasteiger partial charge in [-0.3, -0.25) is 14.5 Å². The molecule has 1 aromatic carbocycles. The minimum atomic E-state index is -0.698. The standard InChI is InChI=1S/C17H16BrNO2/c18-17-13-8-6-12(7-9-13)14(17)15(20)19(16(17)21)10-11-4-2-1-3-5-11/h1-6,8,12-14H,7,9-10H2/t12-,13+,14+,17-/m0/s1. The summed E-state index contributed by atoms with van der Waals surface area (Å²) in [5.74, 6) is 0.0500. The number of rotatable bonds is 2. The number of hydrogen-bond donors (Lipinski definition) is 0. The van der Waals surface area contributed by atoms with Crippen molar-refractivity contribution in [3.8, 4) is 0 Å². The van der Waals surface area contributed by atoms with Crippen LogP contribution in [0.1, 0.15) is 18.4 Å². The zero-order valence-electron chi connectivity index (χ0n) is 11.5. The zero-order valence-corrected chi connectivity index (χ0v) is 13.1. The molecule has 1 saturated carbocycles. The maximum Gasteiger partial charge on any atom is 0.247 e. The lowest BCUT2D eigenvalue weighted by Gasteiger charge is -2.44. The van der Waals surface area contributed by atoms with Crippen molar-refractivity contribution in [1.82, 2.24) is 4.90 Å². The van der Waals surface area contributed by atoms with Crippen molar-refractivity contribution in [1.29, 1.82) is 0 Å². The van der Waals surface area contributed by atoms with Gasteiger partial charge in [-0.1, -0.05) is 58.4 Å². The van der Waals surface area contributed by atoms with Gasteiger partial charge < -0.3 is 0 Å². The van der Waals surface area contributed by atoms with Gasteiger partial charge in [0.1, 0.15) is 4.32 Å². The molecule has 0 spiro atoms. The van der Waals surface area contributed by atoms with E-state index in [2.05, 4.69) is 28.1 Å². The van der Waals surface area contributed by atoms with Crippen molar-refractivity contribution in [2.24, 2.45) is 17.8 Å². The lowest BCUT2D eigenvalue weighted by Crippen LogP contribution is -2.51. The second kappa shape index (κ2) is 4.54. The molecular weight excluding hydrogens is 330 g/mol. The smallest absolute Gasteiger partial charge is 0.247 e. The molecule has 1 aliphatic heterocycles. The van der Waals surface area contributed by atoms with Crippen LogP contribution in [0.15, 0.2) is 42.5 Å². The van der Waals surface area contributed by atoms with Crippen LogP contribution in [0.2, 0.25) is 0 Å². The van der Waals surface area contributed by atoms with Crippen LogP contribution in [0, 0.1) is 17.8 Å². The molecule has 1 heterocycles. The molecule has 0 radical (unpaired) electrons. The van der Waals surface area contributed by atoms with Crippen molar-refractivity contribution in [2.45, 2.75) is 23.7 Å². The molecular formula is C17H16BrNO2. The summed E-state index contributed by atoms with van der Waals surface area (Å²) in [4.78, 5) is 27.1. The Balaban J connectivity index is 1.70. The molecule has 2 fully saturated rings. The summed E-state index contributed by atoms with van der Waals surface area (Å²) in [5.41, 5.74) is 0.995. The number of fused-ring (bicyclic) bond motifs is 1. The van der Waals surface area contributed by atoms with E-state index >= 15 is 0 Å². The highest BCUT2D eigenvalue weighted by atomic mass is 79.9. The minimum Gasteiger partial charge on any atom is -0.277 e. The van der Waals surface area contributed by atoms with Crippen molar-refractivity contribution in [3.63, 3.8) is 0 Å². The topological polar surface area (TPSA) is 37.4 Å². The number of halogens is 1. The largest absolute Gasteiger partial charge is 0.277 e. The van der Waals surface area contributed by atoms with Crippen LogP contribution in [0.3, 0.4) is 0 Å². The van der Waals surface area contributed by atoms with Crippen LogP contribution in [0.25, 0.3) is 0 Å². The van der Waals surface area contributed by atoms with Crippen LogP contribution < -0.4 is 0 Å². The molecule has 4 aliphatic rings. The second-order valence-corrected chi connectivity index (χ2v) is 7.51. The Bertz CT molecular complexity index is 641. The number of likely N-dealkylation sites (tertiary alicyclic amines) is 1. The van der Waals surface area contributed by atoms with Gasteiger partial charge in [-0.15, -0.1) is 0 Å². The average Bonchev–Trinajstić information content (AvgIpc) is 2.72. The lowest BCUT2D eigenvalue weighted by molar-refractivity contribution is -0.140. The highest BCUT2D eigenvalue weighted by Crippen LogP contribution is 2.56.